The molecule has 0 aliphatic rings. The van der Waals surface area contributed by atoms with E-state index in [-0.39, 0.29) is 12.5 Å². The molecule has 0 bridgehead atoms. The lowest BCUT2D eigenvalue weighted by molar-refractivity contribution is -0.122. The van der Waals surface area contributed by atoms with Gasteiger partial charge >= 0.3 is 0 Å². The van der Waals surface area contributed by atoms with Crippen LogP contribution in [-0.2, 0) is 4.79 Å². The second-order valence-corrected chi connectivity index (χ2v) is 3.83. The molecule has 0 aromatic heterocycles. The first-order chi connectivity index (χ1) is 8.04. The van der Waals surface area contributed by atoms with Crippen molar-refractivity contribution in [2.24, 2.45) is 5.73 Å². The molecule has 0 saturated heterocycles. The Labute approximate surface area is 101 Å². The molecule has 5 heteroatoms. The fourth-order valence-electron chi connectivity index (χ4n) is 1.32. The molecule has 2 atom stereocenters. The van der Waals surface area contributed by atoms with Crippen molar-refractivity contribution >= 4 is 5.91 Å². The van der Waals surface area contributed by atoms with Crippen molar-refractivity contribution in [3.63, 3.8) is 0 Å². The van der Waals surface area contributed by atoms with E-state index in [1.54, 1.807) is 38.3 Å². The van der Waals surface area contributed by atoms with E-state index in [0.717, 1.165) is 0 Å². The van der Waals surface area contributed by atoms with E-state index in [0.29, 0.717) is 11.3 Å². The van der Waals surface area contributed by atoms with Crippen LogP contribution in [0.4, 0.5) is 0 Å². The predicted octanol–water partition coefficient (Wildman–Crippen LogP) is 0.192. The van der Waals surface area contributed by atoms with Crippen molar-refractivity contribution in [1.29, 1.82) is 0 Å². The van der Waals surface area contributed by atoms with Crippen LogP contribution in [0.25, 0.3) is 0 Å². The maximum atomic E-state index is 11.2. The highest BCUT2D eigenvalue weighted by Gasteiger charge is 2.12. The van der Waals surface area contributed by atoms with Crippen LogP contribution in [0.15, 0.2) is 24.3 Å². The molecule has 17 heavy (non-hydrogen) atoms. The third-order valence-corrected chi connectivity index (χ3v) is 2.36. The molecule has 0 saturated carbocycles. The lowest BCUT2D eigenvalue weighted by Crippen LogP contribution is -2.40. The van der Waals surface area contributed by atoms with Gasteiger partial charge in [-0.1, -0.05) is 12.1 Å². The molecule has 1 aromatic carbocycles. The molecule has 1 amide bonds. The Kier molecular flexibility index (Phi) is 4.93. The number of hydrogen-bond acceptors (Lipinski definition) is 4. The highest BCUT2D eigenvalue weighted by molar-refractivity contribution is 5.80. The highest BCUT2D eigenvalue weighted by atomic mass is 16.5. The molecular formula is C12H18N2O3. The monoisotopic (exact) mass is 238 g/mol. The normalized spacial score (nSPS) is 13.9. The Bertz CT molecular complexity index is 380. The fourth-order valence-corrected chi connectivity index (χ4v) is 1.32. The van der Waals surface area contributed by atoms with Gasteiger partial charge in [0.15, 0.2) is 0 Å². The summed E-state index contributed by atoms with van der Waals surface area (Å²) in [4.78, 5) is 11.2. The van der Waals surface area contributed by atoms with Gasteiger partial charge in [0.2, 0.25) is 5.91 Å². The Morgan fingerprint density at radius 1 is 1.59 bits per heavy atom. The number of amides is 1. The molecule has 1 aromatic rings. The van der Waals surface area contributed by atoms with Crippen LogP contribution >= 0.6 is 0 Å². The lowest BCUT2D eigenvalue weighted by Gasteiger charge is -2.14. The Hall–Kier alpha value is -1.59. The van der Waals surface area contributed by atoms with Crippen LogP contribution < -0.4 is 15.8 Å². The Morgan fingerprint density at radius 3 is 2.88 bits per heavy atom. The topological polar surface area (TPSA) is 84.6 Å². The van der Waals surface area contributed by atoms with E-state index in [1.807, 2.05) is 0 Å². The number of benzene rings is 1. The maximum Gasteiger partial charge on any atom is 0.236 e. The summed E-state index contributed by atoms with van der Waals surface area (Å²) in [7, 11) is 1.56. The third-order valence-electron chi connectivity index (χ3n) is 2.36. The zero-order chi connectivity index (χ0) is 12.8. The zero-order valence-corrected chi connectivity index (χ0v) is 10.0. The Balaban J connectivity index is 2.57. The molecule has 0 spiro atoms. The number of methoxy groups -OCH3 is 1. The van der Waals surface area contributed by atoms with E-state index in [9.17, 15) is 9.90 Å². The first-order valence-electron chi connectivity index (χ1n) is 5.40. The second kappa shape index (κ2) is 6.22. The molecule has 4 N–H and O–H groups in total. The summed E-state index contributed by atoms with van der Waals surface area (Å²) >= 11 is 0. The number of hydrogen-bond donors (Lipinski definition) is 3. The number of carbonyl (C=O) groups is 1. The van der Waals surface area contributed by atoms with Crippen molar-refractivity contribution in [1.82, 2.24) is 5.32 Å². The van der Waals surface area contributed by atoms with E-state index in [2.05, 4.69) is 5.32 Å². The van der Waals surface area contributed by atoms with E-state index < -0.39 is 12.1 Å². The summed E-state index contributed by atoms with van der Waals surface area (Å²) in [6.07, 6.45) is -0.771. The predicted molar refractivity (Wildman–Crippen MR) is 64.6 cm³/mol. The summed E-state index contributed by atoms with van der Waals surface area (Å²) < 4.78 is 5.05. The van der Waals surface area contributed by atoms with Gasteiger partial charge in [0.05, 0.1) is 19.3 Å². The van der Waals surface area contributed by atoms with Crippen molar-refractivity contribution < 1.29 is 14.6 Å². The molecule has 0 radical (unpaired) electrons. The molecule has 0 heterocycles. The molecule has 0 aliphatic carbocycles. The van der Waals surface area contributed by atoms with Gasteiger partial charge in [0.25, 0.3) is 0 Å². The molecule has 5 nitrogen and oxygen atoms in total. The van der Waals surface area contributed by atoms with Gasteiger partial charge in [-0.3, -0.25) is 4.79 Å². The van der Waals surface area contributed by atoms with Crippen LogP contribution in [-0.4, -0.2) is 30.7 Å². The summed E-state index contributed by atoms with van der Waals surface area (Å²) in [6, 6.07) is 6.49. The van der Waals surface area contributed by atoms with Crippen molar-refractivity contribution in [3.8, 4) is 5.75 Å². The number of rotatable bonds is 5. The third kappa shape index (κ3) is 4.05. The van der Waals surface area contributed by atoms with Crippen LogP contribution in [0.1, 0.15) is 18.6 Å². The number of aliphatic hydroxyl groups excluding tert-OH is 1. The SMILES string of the molecule is COc1cccc(C(O)CNC(=O)[C@@H](C)N)c1. The minimum Gasteiger partial charge on any atom is -0.497 e. The summed E-state index contributed by atoms with van der Waals surface area (Å²) in [6.45, 7) is 1.72. The molecule has 1 rings (SSSR count). The summed E-state index contributed by atoms with van der Waals surface area (Å²) in [5, 5.41) is 12.4. The van der Waals surface area contributed by atoms with Crippen LogP contribution in [0.2, 0.25) is 0 Å². The van der Waals surface area contributed by atoms with E-state index in [1.165, 1.54) is 0 Å². The first-order valence-corrected chi connectivity index (χ1v) is 5.40. The van der Waals surface area contributed by atoms with Gasteiger partial charge < -0.3 is 20.9 Å². The lowest BCUT2D eigenvalue weighted by atomic mass is 10.1. The van der Waals surface area contributed by atoms with Crippen molar-refractivity contribution in [2.75, 3.05) is 13.7 Å². The summed E-state index contributed by atoms with van der Waals surface area (Å²) in [5.41, 5.74) is 6.08. The van der Waals surface area contributed by atoms with Gasteiger partial charge in [-0.05, 0) is 24.6 Å². The minimum atomic E-state index is -0.771. The van der Waals surface area contributed by atoms with Crippen molar-refractivity contribution in [3.05, 3.63) is 29.8 Å². The van der Waals surface area contributed by atoms with Crippen LogP contribution in [0, 0.1) is 0 Å². The van der Waals surface area contributed by atoms with Gasteiger partial charge in [0, 0.05) is 6.54 Å². The standard InChI is InChI=1S/C12H18N2O3/c1-8(13)12(16)14-7-11(15)9-4-3-5-10(6-9)17-2/h3-6,8,11,15H,7,13H2,1-2H3,(H,14,16)/t8-,11?/m1/s1. The average molecular weight is 238 g/mol. The quantitative estimate of drug-likeness (QED) is 0.683. The maximum absolute atomic E-state index is 11.2. The summed E-state index contributed by atoms with van der Waals surface area (Å²) in [5.74, 6) is 0.381. The number of aliphatic hydroxyl groups is 1. The number of nitrogens with two attached hydrogens (primary N) is 1. The van der Waals surface area contributed by atoms with Gasteiger partial charge in [-0.15, -0.1) is 0 Å². The highest BCUT2D eigenvalue weighted by Crippen LogP contribution is 2.18. The van der Waals surface area contributed by atoms with Gasteiger partial charge in [-0.2, -0.15) is 0 Å². The smallest absolute Gasteiger partial charge is 0.236 e. The first kappa shape index (κ1) is 13.5. The largest absolute Gasteiger partial charge is 0.497 e. The number of nitrogens with one attached hydrogen (secondary N) is 1. The van der Waals surface area contributed by atoms with E-state index >= 15 is 0 Å². The van der Waals surface area contributed by atoms with Gasteiger partial charge in [0.1, 0.15) is 5.75 Å². The van der Waals surface area contributed by atoms with Crippen molar-refractivity contribution in [2.45, 2.75) is 19.1 Å². The number of carbonyl (C=O) groups excluding carboxylic acids is 1. The fraction of sp³-hybridized carbons (Fsp3) is 0.417. The Morgan fingerprint density at radius 2 is 2.29 bits per heavy atom. The van der Waals surface area contributed by atoms with Gasteiger partial charge in [-0.25, -0.2) is 0 Å². The molecular weight excluding hydrogens is 220 g/mol. The van der Waals surface area contributed by atoms with Crippen LogP contribution in [0.5, 0.6) is 5.75 Å². The number of ether oxygens (including phenoxy) is 1. The molecule has 0 fully saturated rings. The van der Waals surface area contributed by atoms with Crippen LogP contribution in [0.3, 0.4) is 0 Å². The molecule has 0 aliphatic heterocycles. The second-order valence-electron chi connectivity index (χ2n) is 3.83. The zero-order valence-electron chi connectivity index (χ0n) is 10.0. The molecule has 1 unspecified atom stereocenters. The van der Waals surface area contributed by atoms with E-state index in [4.69, 9.17) is 10.5 Å². The molecule has 94 valence electrons. The minimum absolute atomic E-state index is 0.132. The average Bonchev–Trinajstić information content (AvgIpc) is 2.35.